The van der Waals surface area contributed by atoms with E-state index in [1.807, 2.05) is 13.8 Å². The Morgan fingerprint density at radius 1 is 1.22 bits per heavy atom. The van der Waals surface area contributed by atoms with Crippen LogP contribution in [-0.4, -0.2) is 39.9 Å². The Bertz CT molecular complexity index is 661. The van der Waals surface area contributed by atoms with Gasteiger partial charge in [-0.2, -0.15) is 0 Å². The highest BCUT2D eigenvalue weighted by Gasteiger charge is 2.45. The molecule has 148 valence electrons. The maximum Gasteiger partial charge on any atom is 0.255 e. The molecule has 1 heterocycles. The first-order chi connectivity index (χ1) is 13.0. The minimum atomic E-state index is -0.464. The summed E-state index contributed by atoms with van der Waals surface area (Å²) in [5.74, 6) is 0.438. The number of hydrogen-bond acceptors (Lipinski definition) is 3. The van der Waals surface area contributed by atoms with E-state index in [1.165, 1.54) is 43.5 Å². The molecule has 0 bridgehead atoms. The van der Waals surface area contributed by atoms with Crippen LogP contribution >= 0.6 is 11.8 Å². The Morgan fingerprint density at radius 3 is 2.52 bits per heavy atom. The normalized spacial score (nSPS) is 24.6. The molecular weight excluding hydrogens is 363 g/mol. The Labute approximate surface area is 165 Å². The summed E-state index contributed by atoms with van der Waals surface area (Å²) in [6.07, 6.45) is 6.67. The highest BCUT2D eigenvalue weighted by Crippen LogP contribution is 2.41. The molecule has 3 rings (SSSR count). The van der Waals surface area contributed by atoms with Crippen molar-refractivity contribution in [1.29, 1.82) is 0 Å². The van der Waals surface area contributed by atoms with Crippen molar-refractivity contribution in [3.05, 3.63) is 35.6 Å². The summed E-state index contributed by atoms with van der Waals surface area (Å²) < 4.78 is 13.3. The molecule has 0 spiro atoms. The molecule has 2 fully saturated rings. The summed E-state index contributed by atoms with van der Waals surface area (Å²) in [6, 6.07) is 5.26. The van der Waals surface area contributed by atoms with Crippen molar-refractivity contribution >= 4 is 23.6 Å². The van der Waals surface area contributed by atoms with Crippen LogP contribution in [0.2, 0.25) is 0 Å². The molecule has 1 saturated carbocycles. The van der Waals surface area contributed by atoms with E-state index in [0.29, 0.717) is 17.2 Å². The summed E-state index contributed by atoms with van der Waals surface area (Å²) in [5.41, 5.74) is 0.445. The van der Waals surface area contributed by atoms with Crippen LogP contribution in [0.25, 0.3) is 0 Å². The van der Waals surface area contributed by atoms with Gasteiger partial charge in [0.1, 0.15) is 11.9 Å². The van der Waals surface area contributed by atoms with E-state index in [-0.39, 0.29) is 29.0 Å². The number of rotatable bonds is 5. The lowest BCUT2D eigenvalue weighted by molar-refractivity contribution is -0.125. The van der Waals surface area contributed by atoms with E-state index in [4.69, 9.17) is 0 Å². The molecule has 3 atom stereocenters. The Morgan fingerprint density at radius 2 is 1.89 bits per heavy atom. The summed E-state index contributed by atoms with van der Waals surface area (Å²) in [7, 11) is 0. The van der Waals surface area contributed by atoms with Crippen LogP contribution in [0.5, 0.6) is 0 Å². The lowest BCUT2D eigenvalue weighted by atomic mass is 9.88. The van der Waals surface area contributed by atoms with Crippen LogP contribution in [0.15, 0.2) is 24.3 Å². The number of nitrogens with one attached hydrogen (secondary N) is 1. The fourth-order valence-corrected chi connectivity index (χ4v) is 5.59. The molecule has 1 N–H and O–H groups in total. The molecule has 4 nitrogen and oxygen atoms in total. The molecule has 0 radical (unpaired) electrons. The quantitative estimate of drug-likeness (QED) is 0.817. The lowest BCUT2D eigenvalue weighted by Gasteiger charge is -2.35. The highest BCUT2D eigenvalue weighted by molar-refractivity contribution is 8.00. The molecule has 1 saturated heterocycles. The average molecular weight is 393 g/mol. The van der Waals surface area contributed by atoms with Gasteiger partial charge in [-0.1, -0.05) is 26.2 Å². The number of carbonyl (C=O) groups is 2. The van der Waals surface area contributed by atoms with Gasteiger partial charge >= 0.3 is 0 Å². The monoisotopic (exact) mass is 392 g/mol. The number of nitrogens with zero attached hydrogens (tertiary/aromatic N) is 1. The van der Waals surface area contributed by atoms with Gasteiger partial charge < -0.3 is 10.2 Å². The summed E-state index contributed by atoms with van der Waals surface area (Å²) in [5, 5.41) is 3.06. The van der Waals surface area contributed by atoms with Crippen LogP contribution in [0.4, 0.5) is 4.39 Å². The van der Waals surface area contributed by atoms with E-state index in [2.05, 4.69) is 5.32 Å². The summed E-state index contributed by atoms with van der Waals surface area (Å²) in [4.78, 5) is 27.9. The van der Waals surface area contributed by atoms with E-state index in [1.54, 1.807) is 16.7 Å². The zero-order chi connectivity index (χ0) is 19.4. The largest absolute Gasteiger partial charge is 0.352 e. The predicted octanol–water partition coefficient (Wildman–Crippen LogP) is 4.20. The topological polar surface area (TPSA) is 49.4 Å². The van der Waals surface area contributed by atoms with E-state index >= 15 is 0 Å². The van der Waals surface area contributed by atoms with Crippen LogP contribution in [0.1, 0.15) is 62.7 Å². The summed E-state index contributed by atoms with van der Waals surface area (Å²) >= 11 is 1.72. The molecule has 1 aliphatic carbocycles. The fourth-order valence-electron chi connectivity index (χ4n) is 3.95. The third-order valence-corrected chi connectivity index (χ3v) is 7.18. The van der Waals surface area contributed by atoms with Gasteiger partial charge in [0.05, 0.1) is 5.37 Å². The second-order valence-electron chi connectivity index (χ2n) is 7.67. The summed E-state index contributed by atoms with van der Waals surface area (Å²) in [6.45, 7) is 4.01. The standard InChI is InChI=1S/C21H29FN2O2S/c1-3-14(2)23-19(25)18-13-27-21(16-7-5-4-6-8-16)24(18)20(26)15-9-11-17(22)12-10-15/h9-12,14,16,18,21H,3-8,13H2,1-2H3,(H,23,25)/t14-,18+,21-/m1/s1. The van der Waals surface area contributed by atoms with E-state index < -0.39 is 6.04 Å². The van der Waals surface area contributed by atoms with Crippen LogP contribution in [0.3, 0.4) is 0 Å². The lowest BCUT2D eigenvalue weighted by Crippen LogP contribution is -2.52. The average Bonchev–Trinajstić information content (AvgIpc) is 3.13. The Hall–Kier alpha value is -1.56. The number of carbonyl (C=O) groups excluding carboxylic acids is 2. The molecule has 6 heteroatoms. The molecule has 1 aromatic carbocycles. The maximum absolute atomic E-state index is 13.3. The van der Waals surface area contributed by atoms with Crippen molar-refractivity contribution in [2.45, 2.75) is 69.8 Å². The second kappa shape index (κ2) is 9.09. The molecule has 27 heavy (non-hydrogen) atoms. The van der Waals surface area contributed by atoms with Crippen molar-refractivity contribution < 1.29 is 14.0 Å². The second-order valence-corrected chi connectivity index (χ2v) is 8.82. The maximum atomic E-state index is 13.3. The highest BCUT2D eigenvalue weighted by atomic mass is 32.2. The van der Waals surface area contributed by atoms with Crippen LogP contribution in [-0.2, 0) is 4.79 Å². The van der Waals surface area contributed by atoms with Gasteiger partial charge in [-0.25, -0.2) is 4.39 Å². The van der Waals surface area contributed by atoms with Gasteiger partial charge in [-0.3, -0.25) is 9.59 Å². The number of thioether (sulfide) groups is 1. The predicted molar refractivity (Wildman–Crippen MR) is 107 cm³/mol. The first-order valence-electron chi connectivity index (χ1n) is 10.0. The molecule has 2 aliphatic rings. The number of hydrogen-bond donors (Lipinski definition) is 1. The number of benzene rings is 1. The van der Waals surface area contributed by atoms with Gasteiger partial charge in [0, 0.05) is 17.4 Å². The van der Waals surface area contributed by atoms with Crippen LogP contribution < -0.4 is 5.32 Å². The van der Waals surface area contributed by atoms with Crippen molar-refractivity contribution in [2.24, 2.45) is 5.92 Å². The van der Waals surface area contributed by atoms with E-state index in [0.717, 1.165) is 19.3 Å². The smallest absolute Gasteiger partial charge is 0.255 e. The SMILES string of the molecule is CC[C@@H](C)NC(=O)[C@@H]1CS[C@H](C2CCCCC2)N1C(=O)c1ccc(F)cc1. The third-order valence-electron chi connectivity index (χ3n) is 5.72. The number of halogens is 1. The molecular formula is C21H29FN2O2S. The molecule has 1 aliphatic heterocycles. The minimum Gasteiger partial charge on any atom is -0.352 e. The Kier molecular flexibility index (Phi) is 6.79. The fraction of sp³-hybridized carbons (Fsp3) is 0.619. The zero-order valence-corrected chi connectivity index (χ0v) is 16.9. The van der Waals surface area contributed by atoms with Gasteiger partial charge in [0.15, 0.2) is 0 Å². The van der Waals surface area contributed by atoms with Crippen molar-refractivity contribution in [3.63, 3.8) is 0 Å². The van der Waals surface area contributed by atoms with Crippen molar-refractivity contribution in [1.82, 2.24) is 10.2 Å². The molecule has 0 unspecified atom stereocenters. The van der Waals surface area contributed by atoms with Gasteiger partial charge in [0.25, 0.3) is 5.91 Å². The first-order valence-corrected chi connectivity index (χ1v) is 11.1. The third kappa shape index (κ3) is 4.65. The van der Waals surface area contributed by atoms with E-state index in [9.17, 15) is 14.0 Å². The van der Waals surface area contributed by atoms with Gasteiger partial charge in [-0.05, 0) is 56.4 Å². The van der Waals surface area contributed by atoms with Gasteiger partial charge in [0.2, 0.25) is 5.91 Å². The zero-order valence-electron chi connectivity index (χ0n) is 16.1. The molecule has 1 aromatic rings. The molecule has 0 aromatic heterocycles. The van der Waals surface area contributed by atoms with Gasteiger partial charge in [-0.15, -0.1) is 11.8 Å². The number of amides is 2. The van der Waals surface area contributed by atoms with Crippen molar-refractivity contribution in [3.8, 4) is 0 Å². The first kappa shape index (κ1) is 20.2. The Balaban J connectivity index is 1.85. The minimum absolute atomic E-state index is 0.0236. The van der Waals surface area contributed by atoms with Crippen LogP contribution in [0, 0.1) is 11.7 Å². The van der Waals surface area contributed by atoms with Crippen molar-refractivity contribution in [2.75, 3.05) is 5.75 Å². The molecule has 2 amide bonds.